The fourth-order valence-electron chi connectivity index (χ4n) is 2.23. The number of hydrogen-bond acceptors (Lipinski definition) is 3. The van der Waals surface area contributed by atoms with Crippen LogP contribution in [-0.2, 0) is 6.18 Å². The molecule has 0 aliphatic carbocycles. The number of nitrogens with one attached hydrogen (secondary N) is 1. The zero-order valence-electron chi connectivity index (χ0n) is 12.2. The van der Waals surface area contributed by atoms with E-state index in [0.717, 1.165) is 18.2 Å². The maximum Gasteiger partial charge on any atom is 0.417 e. The first-order valence-corrected chi connectivity index (χ1v) is 7.63. The van der Waals surface area contributed by atoms with Crippen LogP contribution in [0, 0.1) is 5.82 Å². The number of anilines is 1. The molecule has 25 heavy (non-hydrogen) atoms. The van der Waals surface area contributed by atoms with E-state index >= 15 is 0 Å². The highest BCUT2D eigenvalue weighted by atomic mass is 79.9. The van der Waals surface area contributed by atoms with Crippen LogP contribution in [0.25, 0.3) is 11.0 Å². The summed E-state index contributed by atoms with van der Waals surface area (Å²) in [5, 5.41) is 2.32. The van der Waals surface area contributed by atoms with Gasteiger partial charge in [0.05, 0.1) is 16.6 Å². The summed E-state index contributed by atoms with van der Waals surface area (Å²) in [7, 11) is 0. The van der Waals surface area contributed by atoms with Crippen molar-refractivity contribution in [2.45, 2.75) is 6.18 Å². The van der Waals surface area contributed by atoms with Gasteiger partial charge in [-0.15, -0.1) is 0 Å². The van der Waals surface area contributed by atoms with Crippen molar-refractivity contribution in [2.75, 3.05) is 5.32 Å². The van der Waals surface area contributed by atoms with E-state index in [1.165, 1.54) is 24.5 Å². The molecule has 4 nitrogen and oxygen atoms in total. The van der Waals surface area contributed by atoms with Crippen molar-refractivity contribution in [1.82, 2.24) is 9.97 Å². The van der Waals surface area contributed by atoms with Gasteiger partial charge < -0.3 is 5.32 Å². The van der Waals surface area contributed by atoms with Gasteiger partial charge in [0, 0.05) is 28.6 Å². The number of rotatable bonds is 2. The summed E-state index contributed by atoms with van der Waals surface area (Å²) in [4.78, 5) is 20.3. The smallest absolute Gasteiger partial charge is 0.322 e. The Hall–Kier alpha value is -2.55. The Bertz CT molecular complexity index is 975. The molecular weight excluding hydrogens is 406 g/mol. The van der Waals surface area contributed by atoms with Crippen LogP contribution in [0.2, 0.25) is 0 Å². The summed E-state index contributed by atoms with van der Waals surface area (Å²) in [6.07, 6.45) is -1.91. The zero-order chi connectivity index (χ0) is 18.2. The quantitative estimate of drug-likeness (QED) is 0.613. The number of nitrogens with zero attached hydrogens (tertiary/aromatic N) is 2. The fourth-order valence-corrected chi connectivity index (χ4v) is 2.70. The molecule has 0 unspecified atom stereocenters. The van der Waals surface area contributed by atoms with Crippen molar-refractivity contribution in [3.63, 3.8) is 0 Å². The number of benzene rings is 2. The van der Waals surface area contributed by atoms with Gasteiger partial charge in [-0.3, -0.25) is 14.8 Å². The molecule has 0 fully saturated rings. The summed E-state index contributed by atoms with van der Waals surface area (Å²) >= 11 is 2.82. The maximum absolute atomic E-state index is 13.7. The minimum atomic E-state index is -4.59. The van der Waals surface area contributed by atoms with Crippen LogP contribution in [0.15, 0.2) is 47.2 Å². The predicted octanol–water partition coefficient (Wildman–Crippen LogP) is 4.80. The molecule has 2 aromatic carbocycles. The van der Waals surface area contributed by atoms with Crippen molar-refractivity contribution in [3.8, 4) is 0 Å². The highest BCUT2D eigenvalue weighted by Gasteiger charge is 2.33. The molecule has 0 radical (unpaired) electrons. The predicted molar refractivity (Wildman–Crippen MR) is 86.6 cm³/mol. The lowest BCUT2D eigenvalue weighted by molar-refractivity contribution is -0.138. The number of carbonyl (C=O) groups is 1. The molecule has 1 N–H and O–H groups in total. The molecule has 1 heterocycles. The fraction of sp³-hybridized carbons (Fsp3) is 0.0625. The van der Waals surface area contributed by atoms with E-state index in [-0.39, 0.29) is 26.8 Å². The molecule has 3 rings (SSSR count). The number of aromatic nitrogens is 2. The summed E-state index contributed by atoms with van der Waals surface area (Å²) in [6, 6.07) is 5.32. The minimum absolute atomic E-state index is 0.0816. The molecule has 0 saturated carbocycles. The Balaban J connectivity index is 1.99. The third-order valence-electron chi connectivity index (χ3n) is 3.31. The average molecular weight is 414 g/mol. The average Bonchev–Trinajstić information content (AvgIpc) is 2.54. The first-order valence-electron chi connectivity index (χ1n) is 6.84. The summed E-state index contributed by atoms with van der Waals surface area (Å²) in [6.45, 7) is 0. The Kier molecular flexibility index (Phi) is 4.42. The van der Waals surface area contributed by atoms with Crippen molar-refractivity contribution in [2.24, 2.45) is 0 Å². The van der Waals surface area contributed by atoms with Gasteiger partial charge in [0.25, 0.3) is 5.91 Å². The number of carbonyl (C=O) groups excluding carboxylic acids is 1. The highest BCUT2D eigenvalue weighted by Crippen LogP contribution is 2.36. The van der Waals surface area contributed by atoms with Gasteiger partial charge in [-0.1, -0.05) is 15.9 Å². The van der Waals surface area contributed by atoms with Gasteiger partial charge in [-0.25, -0.2) is 4.39 Å². The topological polar surface area (TPSA) is 54.9 Å². The number of amides is 1. The highest BCUT2D eigenvalue weighted by molar-refractivity contribution is 9.10. The Morgan fingerprint density at radius 1 is 1.08 bits per heavy atom. The van der Waals surface area contributed by atoms with Crippen molar-refractivity contribution >= 4 is 38.6 Å². The van der Waals surface area contributed by atoms with Crippen LogP contribution in [-0.4, -0.2) is 15.9 Å². The molecule has 0 atom stereocenters. The zero-order valence-corrected chi connectivity index (χ0v) is 13.8. The lowest BCUT2D eigenvalue weighted by atomic mass is 10.1. The molecule has 1 aromatic heterocycles. The van der Waals surface area contributed by atoms with Gasteiger partial charge in [0.1, 0.15) is 11.3 Å². The van der Waals surface area contributed by atoms with Crippen molar-refractivity contribution in [1.29, 1.82) is 0 Å². The first kappa shape index (κ1) is 17.3. The SMILES string of the molecule is O=C(Nc1ccc(Br)c(C(F)(F)F)c1)c1cc(F)cc2nccnc12. The number of hydrogen-bond donors (Lipinski definition) is 1. The second-order valence-corrected chi connectivity index (χ2v) is 5.88. The monoisotopic (exact) mass is 413 g/mol. The molecule has 0 aliphatic heterocycles. The Morgan fingerprint density at radius 2 is 1.80 bits per heavy atom. The van der Waals surface area contributed by atoms with E-state index in [2.05, 4.69) is 31.2 Å². The van der Waals surface area contributed by atoms with Gasteiger partial charge in [-0.05, 0) is 24.3 Å². The molecule has 0 aliphatic rings. The lowest BCUT2D eigenvalue weighted by Gasteiger charge is -2.12. The van der Waals surface area contributed by atoms with Gasteiger partial charge in [0.2, 0.25) is 0 Å². The van der Waals surface area contributed by atoms with Gasteiger partial charge >= 0.3 is 6.18 Å². The Labute approximate surface area is 147 Å². The number of fused-ring (bicyclic) bond motifs is 1. The second-order valence-electron chi connectivity index (χ2n) is 5.02. The van der Waals surface area contributed by atoms with Gasteiger partial charge in [-0.2, -0.15) is 13.2 Å². The first-order chi connectivity index (χ1) is 11.8. The van der Waals surface area contributed by atoms with Crippen LogP contribution in [0.5, 0.6) is 0 Å². The summed E-state index contributed by atoms with van der Waals surface area (Å²) in [5.74, 6) is -1.50. The molecular formula is C16H8BrF4N3O. The van der Waals surface area contributed by atoms with Crippen LogP contribution in [0.1, 0.15) is 15.9 Å². The molecule has 128 valence electrons. The number of halogens is 5. The van der Waals surface area contributed by atoms with Crippen molar-refractivity contribution < 1.29 is 22.4 Å². The van der Waals surface area contributed by atoms with E-state index < -0.39 is 23.5 Å². The van der Waals surface area contributed by atoms with E-state index in [4.69, 9.17) is 0 Å². The normalized spacial score (nSPS) is 11.6. The van der Waals surface area contributed by atoms with Crippen molar-refractivity contribution in [3.05, 3.63) is 64.1 Å². The second kappa shape index (κ2) is 6.40. The Morgan fingerprint density at radius 3 is 2.52 bits per heavy atom. The number of alkyl halides is 3. The molecule has 3 aromatic rings. The van der Waals surface area contributed by atoms with Crippen LogP contribution < -0.4 is 5.32 Å². The van der Waals surface area contributed by atoms with Gasteiger partial charge in [0.15, 0.2) is 0 Å². The third-order valence-corrected chi connectivity index (χ3v) is 4.00. The van der Waals surface area contributed by atoms with Crippen LogP contribution in [0.4, 0.5) is 23.2 Å². The molecule has 0 saturated heterocycles. The van der Waals surface area contributed by atoms with Crippen LogP contribution >= 0.6 is 15.9 Å². The van der Waals surface area contributed by atoms with E-state index in [1.807, 2.05) is 0 Å². The lowest BCUT2D eigenvalue weighted by Crippen LogP contribution is -2.15. The summed E-state index contributed by atoms with van der Waals surface area (Å²) < 4.78 is 52.3. The third kappa shape index (κ3) is 3.60. The van der Waals surface area contributed by atoms with E-state index in [0.29, 0.717) is 0 Å². The summed E-state index contributed by atoms with van der Waals surface area (Å²) in [5.41, 5.74) is -0.829. The maximum atomic E-state index is 13.7. The molecule has 1 amide bonds. The van der Waals surface area contributed by atoms with E-state index in [9.17, 15) is 22.4 Å². The minimum Gasteiger partial charge on any atom is -0.322 e. The largest absolute Gasteiger partial charge is 0.417 e. The van der Waals surface area contributed by atoms with Crippen LogP contribution in [0.3, 0.4) is 0 Å². The standard InChI is InChI=1S/C16H8BrF4N3O/c17-12-2-1-9(7-11(12)16(19,20)21)24-15(25)10-5-8(18)6-13-14(10)23-4-3-22-13/h1-7H,(H,24,25). The molecule has 0 spiro atoms. The molecule has 9 heteroatoms. The molecule has 0 bridgehead atoms. The van der Waals surface area contributed by atoms with E-state index in [1.54, 1.807) is 0 Å².